The minimum Gasteiger partial charge on any atom is -0.342 e. The van der Waals surface area contributed by atoms with Crippen molar-refractivity contribution in [1.29, 1.82) is 0 Å². The highest BCUT2D eigenvalue weighted by Crippen LogP contribution is 2.19. The first kappa shape index (κ1) is 17.7. The van der Waals surface area contributed by atoms with Crippen molar-refractivity contribution >= 4 is 16.8 Å². The van der Waals surface area contributed by atoms with E-state index in [4.69, 9.17) is 0 Å². The lowest BCUT2D eigenvalue weighted by molar-refractivity contribution is -0.136. The summed E-state index contributed by atoms with van der Waals surface area (Å²) in [5.74, 6) is 0.653. The normalized spacial score (nSPS) is 21.0. The maximum absolute atomic E-state index is 12.3. The van der Waals surface area contributed by atoms with Crippen molar-refractivity contribution in [3.8, 4) is 0 Å². The molecule has 1 aliphatic rings. The van der Waals surface area contributed by atoms with Crippen LogP contribution in [-0.2, 0) is 11.3 Å². The Morgan fingerprint density at radius 3 is 2.84 bits per heavy atom. The molecule has 2 atom stereocenters. The van der Waals surface area contributed by atoms with Crippen molar-refractivity contribution in [2.45, 2.75) is 39.8 Å². The van der Waals surface area contributed by atoms with Crippen molar-refractivity contribution in [2.75, 3.05) is 13.1 Å². The smallest absolute Gasteiger partial charge is 0.252 e. The van der Waals surface area contributed by atoms with Gasteiger partial charge >= 0.3 is 0 Å². The largest absolute Gasteiger partial charge is 0.342 e. The highest BCUT2D eigenvalue weighted by molar-refractivity contribution is 5.79. The number of H-pyrrole nitrogens is 1. The summed E-state index contributed by atoms with van der Waals surface area (Å²) >= 11 is 0. The minimum atomic E-state index is -0.0359. The number of piperidine rings is 1. The summed E-state index contributed by atoms with van der Waals surface area (Å²) in [7, 11) is 0. The molecular weight excluding hydrogens is 314 g/mol. The summed E-state index contributed by atoms with van der Waals surface area (Å²) in [5, 5.41) is 4.57. The second-order valence-corrected chi connectivity index (χ2v) is 7.40. The summed E-state index contributed by atoms with van der Waals surface area (Å²) in [4.78, 5) is 29.3. The lowest BCUT2D eigenvalue weighted by Crippen LogP contribution is -2.51. The van der Waals surface area contributed by atoms with E-state index in [9.17, 15) is 9.59 Å². The number of nitrogens with zero attached hydrogens (tertiary/aromatic N) is 1. The number of aromatic amines is 1. The zero-order chi connectivity index (χ0) is 18.0. The van der Waals surface area contributed by atoms with Crippen molar-refractivity contribution in [3.63, 3.8) is 0 Å². The van der Waals surface area contributed by atoms with Gasteiger partial charge in [-0.1, -0.05) is 39.0 Å². The molecule has 1 aromatic carbocycles. The van der Waals surface area contributed by atoms with Crippen LogP contribution in [0, 0.1) is 11.8 Å². The molecule has 0 saturated carbocycles. The number of aromatic nitrogens is 1. The Bertz CT molecular complexity index is 812. The van der Waals surface area contributed by atoms with E-state index in [0.29, 0.717) is 18.5 Å². The number of hydrogen-bond donors (Lipinski definition) is 2. The molecule has 0 aliphatic carbocycles. The zero-order valence-electron chi connectivity index (χ0n) is 15.2. The van der Waals surface area contributed by atoms with E-state index in [-0.39, 0.29) is 17.4 Å². The number of hydrogen-bond acceptors (Lipinski definition) is 3. The molecule has 5 nitrogen and oxygen atoms in total. The first-order valence-electron chi connectivity index (χ1n) is 9.09. The van der Waals surface area contributed by atoms with Crippen LogP contribution >= 0.6 is 0 Å². The van der Waals surface area contributed by atoms with Crippen molar-refractivity contribution in [1.82, 2.24) is 15.2 Å². The number of para-hydroxylation sites is 1. The number of fused-ring (bicyclic) bond motifs is 1. The van der Waals surface area contributed by atoms with Crippen LogP contribution in [0.2, 0.25) is 0 Å². The molecule has 1 aliphatic heterocycles. The van der Waals surface area contributed by atoms with Gasteiger partial charge in [-0.25, -0.2) is 0 Å². The van der Waals surface area contributed by atoms with E-state index >= 15 is 0 Å². The Kier molecular flexibility index (Phi) is 5.23. The SMILES string of the molecule is CC(C)C(=O)N1CC[C@@H](NCc2cc3ccccc3[nH]c2=O)[C@H](C)C1. The second-order valence-electron chi connectivity index (χ2n) is 7.40. The highest BCUT2D eigenvalue weighted by atomic mass is 16.2. The number of likely N-dealkylation sites (tertiary alicyclic amines) is 1. The molecule has 1 aromatic heterocycles. The Labute approximate surface area is 148 Å². The molecule has 1 saturated heterocycles. The van der Waals surface area contributed by atoms with E-state index in [1.165, 1.54) is 0 Å². The fraction of sp³-hybridized carbons (Fsp3) is 0.500. The number of nitrogens with one attached hydrogen (secondary N) is 2. The van der Waals surface area contributed by atoms with Crippen LogP contribution in [0.3, 0.4) is 0 Å². The van der Waals surface area contributed by atoms with Crippen LogP contribution in [0.15, 0.2) is 35.1 Å². The predicted molar refractivity (Wildman–Crippen MR) is 100 cm³/mol. The predicted octanol–water partition coefficient (Wildman–Crippen LogP) is 2.51. The molecule has 1 amide bonds. The summed E-state index contributed by atoms with van der Waals surface area (Å²) in [6.07, 6.45) is 0.922. The third kappa shape index (κ3) is 3.93. The van der Waals surface area contributed by atoms with Crippen LogP contribution in [0.4, 0.5) is 0 Å². The Hall–Kier alpha value is -2.14. The molecule has 2 aromatic rings. The fourth-order valence-electron chi connectivity index (χ4n) is 3.58. The Morgan fingerprint density at radius 2 is 2.12 bits per heavy atom. The molecule has 5 heteroatoms. The average Bonchev–Trinajstić information content (AvgIpc) is 2.60. The van der Waals surface area contributed by atoms with Crippen molar-refractivity contribution in [2.24, 2.45) is 11.8 Å². The van der Waals surface area contributed by atoms with Gasteiger partial charge in [0.1, 0.15) is 0 Å². The van der Waals surface area contributed by atoms with Gasteiger partial charge in [0, 0.05) is 42.7 Å². The fourth-order valence-corrected chi connectivity index (χ4v) is 3.58. The number of benzene rings is 1. The molecule has 0 bridgehead atoms. The summed E-state index contributed by atoms with van der Waals surface area (Å²) < 4.78 is 0. The van der Waals surface area contributed by atoms with E-state index < -0.39 is 0 Å². The summed E-state index contributed by atoms with van der Waals surface area (Å²) in [6.45, 7) is 8.18. The van der Waals surface area contributed by atoms with Gasteiger partial charge in [-0.3, -0.25) is 9.59 Å². The molecule has 134 valence electrons. The number of amides is 1. The third-order valence-electron chi connectivity index (χ3n) is 5.10. The maximum atomic E-state index is 12.3. The summed E-state index contributed by atoms with van der Waals surface area (Å²) in [6, 6.07) is 10.1. The number of carbonyl (C=O) groups is 1. The molecule has 0 unspecified atom stereocenters. The first-order chi connectivity index (χ1) is 12.0. The molecule has 0 spiro atoms. The standard InChI is InChI=1S/C20H27N3O2/c1-13(2)20(25)23-9-8-17(14(3)12-23)21-11-16-10-15-6-4-5-7-18(15)22-19(16)24/h4-7,10,13-14,17,21H,8-9,11-12H2,1-3H3,(H,22,24)/t14-,17-/m1/s1. The third-order valence-corrected chi connectivity index (χ3v) is 5.10. The van der Waals surface area contributed by atoms with Crippen molar-refractivity contribution in [3.05, 3.63) is 46.2 Å². The zero-order valence-corrected chi connectivity index (χ0v) is 15.2. The number of carbonyl (C=O) groups excluding carboxylic acids is 1. The molecule has 3 rings (SSSR count). The van der Waals surface area contributed by atoms with Gasteiger partial charge in [0.15, 0.2) is 0 Å². The lowest BCUT2D eigenvalue weighted by atomic mass is 9.93. The highest BCUT2D eigenvalue weighted by Gasteiger charge is 2.29. The van der Waals surface area contributed by atoms with Gasteiger partial charge in [-0.15, -0.1) is 0 Å². The average molecular weight is 341 g/mol. The quantitative estimate of drug-likeness (QED) is 0.898. The van der Waals surface area contributed by atoms with Gasteiger partial charge in [0.25, 0.3) is 5.56 Å². The van der Waals surface area contributed by atoms with E-state index in [0.717, 1.165) is 36.0 Å². The van der Waals surface area contributed by atoms with Gasteiger partial charge < -0.3 is 15.2 Å². The molecule has 25 heavy (non-hydrogen) atoms. The molecule has 2 heterocycles. The topological polar surface area (TPSA) is 65.2 Å². The molecule has 1 fully saturated rings. The Morgan fingerprint density at radius 1 is 1.36 bits per heavy atom. The monoisotopic (exact) mass is 341 g/mol. The van der Waals surface area contributed by atoms with Crippen LogP contribution < -0.4 is 10.9 Å². The van der Waals surface area contributed by atoms with Crippen LogP contribution in [0.5, 0.6) is 0 Å². The Balaban J connectivity index is 1.64. The van der Waals surface area contributed by atoms with Gasteiger partial charge in [-0.05, 0) is 29.9 Å². The molecule has 0 radical (unpaired) electrons. The minimum absolute atomic E-state index is 0.0359. The van der Waals surface area contributed by atoms with Crippen molar-refractivity contribution < 1.29 is 4.79 Å². The van der Waals surface area contributed by atoms with Gasteiger partial charge in [0.05, 0.1) is 0 Å². The van der Waals surface area contributed by atoms with Crippen LogP contribution in [-0.4, -0.2) is 34.9 Å². The maximum Gasteiger partial charge on any atom is 0.252 e. The lowest BCUT2D eigenvalue weighted by Gasteiger charge is -2.38. The van der Waals surface area contributed by atoms with Gasteiger partial charge in [0.2, 0.25) is 5.91 Å². The van der Waals surface area contributed by atoms with E-state index in [1.54, 1.807) is 0 Å². The first-order valence-corrected chi connectivity index (χ1v) is 9.09. The second kappa shape index (κ2) is 7.40. The molecular formula is C20H27N3O2. The number of pyridine rings is 1. The summed E-state index contributed by atoms with van der Waals surface area (Å²) in [5.41, 5.74) is 1.59. The van der Waals surface area contributed by atoms with Crippen LogP contribution in [0.25, 0.3) is 10.9 Å². The number of rotatable bonds is 4. The van der Waals surface area contributed by atoms with Crippen LogP contribution in [0.1, 0.15) is 32.8 Å². The molecule has 2 N–H and O–H groups in total. The van der Waals surface area contributed by atoms with E-state index in [1.807, 2.05) is 49.1 Å². The van der Waals surface area contributed by atoms with E-state index in [2.05, 4.69) is 17.2 Å². The van der Waals surface area contributed by atoms with Gasteiger partial charge in [-0.2, -0.15) is 0 Å².